The van der Waals surface area contributed by atoms with Gasteiger partial charge in [0, 0.05) is 72.2 Å². The molecule has 4 aromatic rings. The van der Waals surface area contributed by atoms with E-state index >= 15 is 0 Å². The molecule has 33 heavy (non-hydrogen) atoms. The number of amides is 1. The standard InChI is InChI=1S/C23H21ClN4O4S/c1-32-12-11-26(22(29)17-3-2-4-19(13-17)28(30)31)10-9-20-15-33-23-25-21(14-27(20)23)16-5-7-18(24)8-6-16/h2-8,13-15H,9-12H2,1H3. The molecular formula is C23H21ClN4O4S. The van der Waals surface area contributed by atoms with Crippen molar-refractivity contribution in [3.63, 3.8) is 0 Å². The Kier molecular flexibility index (Phi) is 7.02. The summed E-state index contributed by atoms with van der Waals surface area (Å²) in [5.41, 5.74) is 3.02. The normalized spacial score (nSPS) is 11.1. The molecule has 0 saturated carbocycles. The van der Waals surface area contributed by atoms with Crippen molar-refractivity contribution < 1.29 is 14.5 Å². The van der Waals surface area contributed by atoms with Gasteiger partial charge in [-0.05, 0) is 18.2 Å². The van der Waals surface area contributed by atoms with Crippen LogP contribution in [0.2, 0.25) is 5.02 Å². The highest BCUT2D eigenvalue weighted by Crippen LogP contribution is 2.25. The van der Waals surface area contributed by atoms with E-state index in [0.717, 1.165) is 21.9 Å². The van der Waals surface area contributed by atoms with Crippen LogP contribution in [0.15, 0.2) is 60.1 Å². The molecule has 2 heterocycles. The van der Waals surface area contributed by atoms with Crippen LogP contribution in [0.4, 0.5) is 5.69 Å². The zero-order valence-corrected chi connectivity index (χ0v) is 19.4. The molecule has 1 amide bonds. The number of carbonyl (C=O) groups excluding carboxylic acids is 1. The SMILES string of the molecule is COCCN(CCc1csc2nc(-c3ccc(Cl)cc3)cn12)C(=O)c1cccc([N+](=O)[O-])c1. The number of hydrogen-bond acceptors (Lipinski definition) is 6. The number of nitrogens with zero attached hydrogens (tertiary/aromatic N) is 4. The van der Waals surface area contributed by atoms with Gasteiger partial charge in [-0.3, -0.25) is 19.3 Å². The van der Waals surface area contributed by atoms with Gasteiger partial charge >= 0.3 is 0 Å². The number of imidazole rings is 1. The number of aromatic nitrogens is 2. The second-order valence-electron chi connectivity index (χ2n) is 7.36. The van der Waals surface area contributed by atoms with E-state index in [-0.39, 0.29) is 17.2 Å². The summed E-state index contributed by atoms with van der Waals surface area (Å²) in [6.45, 7) is 1.18. The number of non-ortho nitro benzene ring substituents is 1. The Bertz CT molecular complexity index is 1290. The van der Waals surface area contributed by atoms with Crippen LogP contribution in [0.25, 0.3) is 16.2 Å². The maximum atomic E-state index is 13.1. The Balaban J connectivity index is 1.53. The molecule has 0 bridgehead atoms. The second kappa shape index (κ2) is 10.1. The Morgan fingerprint density at radius 3 is 2.76 bits per heavy atom. The number of hydrogen-bond donors (Lipinski definition) is 0. The summed E-state index contributed by atoms with van der Waals surface area (Å²) in [5.74, 6) is -0.269. The van der Waals surface area contributed by atoms with E-state index in [1.807, 2.05) is 40.2 Å². The fraction of sp³-hybridized carbons (Fsp3) is 0.217. The van der Waals surface area contributed by atoms with Crippen LogP contribution in [-0.2, 0) is 11.2 Å². The molecule has 170 valence electrons. The number of nitro benzene ring substituents is 1. The van der Waals surface area contributed by atoms with Crippen molar-refractivity contribution in [2.45, 2.75) is 6.42 Å². The third-order valence-electron chi connectivity index (χ3n) is 5.22. The number of rotatable bonds is 9. The smallest absolute Gasteiger partial charge is 0.270 e. The van der Waals surface area contributed by atoms with Crippen LogP contribution in [0.3, 0.4) is 0 Å². The quantitative estimate of drug-likeness (QED) is 0.247. The molecule has 8 nitrogen and oxygen atoms in total. The summed E-state index contributed by atoms with van der Waals surface area (Å²) in [6.07, 6.45) is 2.58. The van der Waals surface area contributed by atoms with E-state index in [2.05, 4.69) is 0 Å². The minimum absolute atomic E-state index is 0.111. The number of carbonyl (C=O) groups is 1. The average molecular weight is 485 g/mol. The van der Waals surface area contributed by atoms with Crippen LogP contribution < -0.4 is 0 Å². The van der Waals surface area contributed by atoms with E-state index < -0.39 is 4.92 Å². The number of benzene rings is 2. The topological polar surface area (TPSA) is 90.0 Å². The third kappa shape index (κ3) is 5.22. The van der Waals surface area contributed by atoms with Gasteiger partial charge in [0.2, 0.25) is 0 Å². The summed E-state index contributed by atoms with van der Waals surface area (Å²) in [5, 5.41) is 13.8. The lowest BCUT2D eigenvalue weighted by Crippen LogP contribution is -2.35. The van der Waals surface area contributed by atoms with Gasteiger partial charge < -0.3 is 9.64 Å². The summed E-state index contributed by atoms with van der Waals surface area (Å²) >= 11 is 7.52. The molecular weight excluding hydrogens is 464 g/mol. The zero-order chi connectivity index (χ0) is 23.4. The van der Waals surface area contributed by atoms with E-state index in [4.69, 9.17) is 21.3 Å². The molecule has 0 unspecified atom stereocenters. The number of fused-ring (bicyclic) bond motifs is 1. The molecule has 0 saturated heterocycles. The highest BCUT2D eigenvalue weighted by atomic mass is 35.5. The number of methoxy groups -OCH3 is 1. The molecule has 2 aromatic heterocycles. The van der Waals surface area contributed by atoms with Crippen molar-refractivity contribution in [2.75, 3.05) is 26.8 Å². The predicted octanol–water partition coefficient (Wildman–Crippen LogP) is 4.96. The Hall–Kier alpha value is -3.27. The maximum Gasteiger partial charge on any atom is 0.270 e. The van der Waals surface area contributed by atoms with Gasteiger partial charge in [0.15, 0.2) is 4.96 Å². The Morgan fingerprint density at radius 1 is 1.24 bits per heavy atom. The van der Waals surface area contributed by atoms with Gasteiger partial charge in [-0.25, -0.2) is 4.98 Å². The molecule has 0 aliphatic rings. The van der Waals surface area contributed by atoms with Gasteiger partial charge in [-0.15, -0.1) is 11.3 Å². The fourth-order valence-corrected chi connectivity index (χ4v) is 4.50. The van der Waals surface area contributed by atoms with E-state index in [9.17, 15) is 14.9 Å². The number of thiazole rings is 1. The van der Waals surface area contributed by atoms with Crippen molar-refractivity contribution in [1.29, 1.82) is 0 Å². The number of ether oxygens (including phenoxy) is 1. The van der Waals surface area contributed by atoms with Crippen LogP contribution >= 0.6 is 22.9 Å². The summed E-state index contributed by atoms with van der Waals surface area (Å²) in [4.78, 5) is 30.9. The third-order valence-corrected chi connectivity index (χ3v) is 6.36. The van der Waals surface area contributed by atoms with Crippen LogP contribution in [-0.4, -0.2) is 51.9 Å². The van der Waals surface area contributed by atoms with Gasteiger partial charge in [-0.1, -0.05) is 29.8 Å². The summed E-state index contributed by atoms with van der Waals surface area (Å²) in [7, 11) is 1.57. The first-order valence-electron chi connectivity index (χ1n) is 10.2. The molecule has 0 N–H and O–H groups in total. The van der Waals surface area contributed by atoms with Crippen LogP contribution in [0.5, 0.6) is 0 Å². The van der Waals surface area contributed by atoms with Crippen molar-refractivity contribution in [2.24, 2.45) is 0 Å². The summed E-state index contributed by atoms with van der Waals surface area (Å²) in [6, 6.07) is 13.3. The largest absolute Gasteiger partial charge is 0.383 e. The molecule has 0 atom stereocenters. The monoisotopic (exact) mass is 484 g/mol. The highest BCUT2D eigenvalue weighted by Gasteiger charge is 2.19. The molecule has 0 spiro atoms. The van der Waals surface area contributed by atoms with Gasteiger partial charge in [0.05, 0.1) is 17.2 Å². The van der Waals surface area contributed by atoms with Crippen molar-refractivity contribution >= 4 is 39.5 Å². The van der Waals surface area contributed by atoms with Crippen LogP contribution in [0, 0.1) is 10.1 Å². The minimum Gasteiger partial charge on any atom is -0.383 e. The number of halogens is 1. The average Bonchev–Trinajstić information content (AvgIpc) is 3.41. The van der Waals surface area contributed by atoms with Crippen molar-refractivity contribution in [1.82, 2.24) is 14.3 Å². The van der Waals surface area contributed by atoms with Crippen LogP contribution in [0.1, 0.15) is 16.1 Å². The zero-order valence-electron chi connectivity index (χ0n) is 17.8. The van der Waals surface area contributed by atoms with Crippen molar-refractivity contribution in [3.8, 4) is 11.3 Å². The first kappa shape index (κ1) is 22.9. The molecule has 0 aliphatic carbocycles. The number of nitro groups is 1. The van der Waals surface area contributed by atoms with Gasteiger partial charge in [0.1, 0.15) is 0 Å². The lowest BCUT2D eigenvalue weighted by Gasteiger charge is -2.22. The molecule has 0 radical (unpaired) electrons. The molecule has 4 rings (SSSR count). The van der Waals surface area contributed by atoms with E-state index in [0.29, 0.717) is 31.1 Å². The molecule has 10 heteroatoms. The van der Waals surface area contributed by atoms with Crippen molar-refractivity contribution in [3.05, 3.63) is 86.5 Å². The van der Waals surface area contributed by atoms with E-state index in [1.165, 1.54) is 29.5 Å². The first-order valence-corrected chi connectivity index (χ1v) is 11.5. The molecule has 0 aliphatic heterocycles. The van der Waals surface area contributed by atoms with Gasteiger partial charge in [0.25, 0.3) is 11.6 Å². The Labute approximate surface area is 199 Å². The van der Waals surface area contributed by atoms with E-state index in [1.54, 1.807) is 18.1 Å². The second-order valence-corrected chi connectivity index (χ2v) is 8.63. The summed E-state index contributed by atoms with van der Waals surface area (Å²) < 4.78 is 7.19. The lowest BCUT2D eigenvalue weighted by molar-refractivity contribution is -0.384. The van der Waals surface area contributed by atoms with Gasteiger partial charge in [-0.2, -0.15) is 0 Å². The lowest BCUT2D eigenvalue weighted by atomic mass is 10.1. The first-order chi connectivity index (χ1) is 16.0. The molecule has 0 fully saturated rings. The predicted molar refractivity (Wildman–Crippen MR) is 128 cm³/mol. The maximum absolute atomic E-state index is 13.1. The highest BCUT2D eigenvalue weighted by molar-refractivity contribution is 7.15. The Morgan fingerprint density at radius 2 is 2.03 bits per heavy atom. The molecule has 2 aromatic carbocycles. The fourth-order valence-electron chi connectivity index (χ4n) is 3.47. The minimum atomic E-state index is -0.504.